The van der Waals surface area contributed by atoms with Crippen molar-refractivity contribution >= 4 is 22.2 Å². The van der Waals surface area contributed by atoms with Gasteiger partial charge in [0.05, 0.1) is 11.4 Å². The third-order valence-electron chi connectivity index (χ3n) is 3.18. The van der Waals surface area contributed by atoms with E-state index in [1.165, 1.54) is 11.3 Å². The normalized spacial score (nSPS) is 11.4. The molecule has 0 amide bonds. The van der Waals surface area contributed by atoms with Crippen molar-refractivity contribution in [3.8, 4) is 17.0 Å². The van der Waals surface area contributed by atoms with Gasteiger partial charge in [-0.3, -0.25) is 5.43 Å². The number of phenolic OH excluding ortho intramolecular Hbond substituents is 1. The molecule has 0 fully saturated rings. The molecule has 3 rings (SSSR count). The van der Waals surface area contributed by atoms with Crippen molar-refractivity contribution in [3.05, 3.63) is 65.5 Å². The average molecular weight is 309 g/mol. The Kier molecular flexibility index (Phi) is 4.16. The fourth-order valence-corrected chi connectivity index (χ4v) is 2.63. The Labute approximate surface area is 132 Å². The molecule has 22 heavy (non-hydrogen) atoms. The first-order valence-electron chi connectivity index (χ1n) is 6.83. The minimum absolute atomic E-state index is 0.247. The van der Waals surface area contributed by atoms with Gasteiger partial charge >= 0.3 is 0 Å². The summed E-state index contributed by atoms with van der Waals surface area (Å²) in [5, 5.41) is 16.4. The van der Waals surface area contributed by atoms with Crippen LogP contribution in [0.2, 0.25) is 0 Å². The van der Waals surface area contributed by atoms with E-state index in [2.05, 4.69) is 15.5 Å². The van der Waals surface area contributed by atoms with Crippen LogP contribution in [0.25, 0.3) is 11.3 Å². The number of thiazole rings is 1. The number of benzene rings is 2. The molecule has 3 aromatic rings. The van der Waals surface area contributed by atoms with Gasteiger partial charge in [-0.15, -0.1) is 11.3 Å². The highest BCUT2D eigenvalue weighted by Crippen LogP contribution is 2.24. The lowest BCUT2D eigenvalue weighted by Gasteiger charge is -2.01. The van der Waals surface area contributed by atoms with E-state index in [9.17, 15) is 5.11 Å². The number of hydrogen-bond donors (Lipinski definition) is 2. The Morgan fingerprint density at radius 3 is 2.55 bits per heavy atom. The van der Waals surface area contributed by atoms with E-state index in [-0.39, 0.29) is 5.75 Å². The van der Waals surface area contributed by atoms with Gasteiger partial charge in [0, 0.05) is 10.9 Å². The van der Waals surface area contributed by atoms with Crippen LogP contribution in [0.1, 0.15) is 12.5 Å². The average Bonchev–Trinajstić information content (AvgIpc) is 3.03. The van der Waals surface area contributed by atoms with Crippen molar-refractivity contribution < 1.29 is 5.11 Å². The minimum Gasteiger partial charge on any atom is -0.508 e. The second kappa shape index (κ2) is 6.41. The van der Waals surface area contributed by atoms with Gasteiger partial charge in [-0.25, -0.2) is 4.98 Å². The molecule has 2 N–H and O–H groups in total. The third kappa shape index (κ3) is 3.32. The Bertz CT molecular complexity index is 779. The van der Waals surface area contributed by atoms with Gasteiger partial charge in [0.1, 0.15) is 5.75 Å². The van der Waals surface area contributed by atoms with Crippen LogP contribution in [-0.2, 0) is 0 Å². The Morgan fingerprint density at radius 2 is 1.82 bits per heavy atom. The first kappa shape index (κ1) is 14.3. The van der Waals surface area contributed by atoms with Gasteiger partial charge in [-0.05, 0) is 36.8 Å². The van der Waals surface area contributed by atoms with Gasteiger partial charge in [0.15, 0.2) is 0 Å². The second-order valence-electron chi connectivity index (χ2n) is 4.76. The van der Waals surface area contributed by atoms with E-state index in [0.29, 0.717) is 0 Å². The van der Waals surface area contributed by atoms with Crippen molar-refractivity contribution in [2.75, 3.05) is 5.43 Å². The minimum atomic E-state index is 0.247. The molecule has 110 valence electrons. The molecule has 1 heterocycles. The molecular weight excluding hydrogens is 294 g/mol. The first-order chi connectivity index (χ1) is 10.7. The molecule has 0 aliphatic carbocycles. The van der Waals surface area contributed by atoms with Crippen LogP contribution in [0.4, 0.5) is 5.13 Å². The zero-order valence-corrected chi connectivity index (χ0v) is 12.8. The van der Waals surface area contributed by atoms with E-state index < -0.39 is 0 Å². The Balaban J connectivity index is 1.73. The highest BCUT2D eigenvalue weighted by molar-refractivity contribution is 7.14. The fraction of sp³-hybridized carbons (Fsp3) is 0.0588. The number of nitrogens with zero attached hydrogens (tertiary/aromatic N) is 2. The van der Waals surface area contributed by atoms with E-state index in [4.69, 9.17) is 0 Å². The van der Waals surface area contributed by atoms with Gasteiger partial charge < -0.3 is 5.11 Å². The molecule has 0 aliphatic rings. The van der Waals surface area contributed by atoms with Gasteiger partial charge in [0.25, 0.3) is 0 Å². The number of nitrogens with one attached hydrogen (secondary N) is 1. The van der Waals surface area contributed by atoms with Crippen LogP contribution in [0.15, 0.2) is 65.1 Å². The van der Waals surface area contributed by atoms with Gasteiger partial charge in [0.2, 0.25) is 5.13 Å². The zero-order valence-electron chi connectivity index (χ0n) is 12.0. The van der Waals surface area contributed by atoms with Crippen LogP contribution >= 0.6 is 11.3 Å². The van der Waals surface area contributed by atoms with Crippen LogP contribution in [0.5, 0.6) is 5.75 Å². The quantitative estimate of drug-likeness (QED) is 0.556. The molecular formula is C17H15N3OS. The molecule has 0 saturated heterocycles. The maximum atomic E-state index is 9.29. The standard InChI is InChI=1S/C17H15N3OS/c1-12(13-7-9-15(21)10-8-13)19-20-17-18-16(11-22-17)14-5-3-2-4-6-14/h2-11,21H,1H3,(H,18,20)/b19-12-. The highest BCUT2D eigenvalue weighted by Gasteiger charge is 2.04. The molecule has 5 heteroatoms. The second-order valence-corrected chi connectivity index (χ2v) is 5.62. The topological polar surface area (TPSA) is 57.5 Å². The molecule has 1 aromatic heterocycles. The molecule has 0 atom stereocenters. The molecule has 0 saturated carbocycles. The number of rotatable bonds is 4. The van der Waals surface area contributed by atoms with Crippen LogP contribution in [0.3, 0.4) is 0 Å². The van der Waals surface area contributed by atoms with Crippen LogP contribution in [-0.4, -0.2) is 15.8 Å². The summed E-state index contributed by atoms with van der Waals surface area (Å²) in [6.07, 6.45) is 0. The predicted octanol–water partition coefficient (Wildman–Crippen LogP) is 4.35. The summed E-state index contributed by atoms with van der Waals surface area (Å²) in [5.74, 6) is 0.247. The summed E-state index contributed by atoms with van der Waals surface area (Å²) in [5.41, 5.74) is 6.78. The lowest BCUT2D eigenvalue weighted by molar-refractivity contribution is 0.475. The van der Waals surface area contributed by atoms with Gasteiger partial charge in [-0.2, -0.15) is 5.10 Å². The maximum Gasteiger partial charge on any atom is 0.203 e. The number of aromatic nitrogens is 1. The van der Waals surface area contributed by atoms with Crippen molar-refractivity contribution in [3.63, 3.8) is 0 Å². The fourth-order valence-electron chi connectivity index (χ4n) is 1.97. The number of anilines is 1. The number of phenols is 1. The first-order valence-corrected chi connectivity index (χ1v) is 7.71. The molecule has 0 bridgehead atoms. The summed E-state index contributed by atoms with van der Waals surface area (Å²) in [6, 6.07) is 17.0. The summed E-state index contributed by atoms with van der Waals surface area (Å²) in [7, 11) is 0. The maximum absolute atomic E-state index is 9.29. The van der Waals surface area contributed by atoms with E-state index in [0.717, 1.165) is 27.7 Å². The Hall–Kier alpha value is -2.66. The number of hydrazone groups is 1. The van der Waals surface area contributed by atoms with Crippen molar-refractivity contribution in [1.82, 2.24) is 4.98 Å². The Morgan fingerprint density at radius 1 is 1.09 bits per heavy atom. The smallest absolute Gasteiger partial charge is 0.203 e. The summed E-state index contributed by atoms with van der Waals surface area (Å²) < 4.78 is 0. The van der Waals surface area contributed by atoms with Crippen LogP contribution in [0, 0.1) is 0 Å². The van der Waals surface area contributed by atoms with Gasteiger partial charge in [-0.1, -0.05) is 30.3 Å². The van der Waals surface area contributed by atoms with E-state index >= 15 is 0 Å². The van der Waals surface area contributed by atoms with Crippen molar-refractivity contribution in [1.29, 1.82) is 0 Å². The summed E-state index contributed by atoms with van der Waals surface area (Å²) in [6.45, 7) is 1.91. The largest absolute Gasteiger partial charge is 0.508 e. The molecule has 0 aliphatic heterocycles. The number of aromatic hydroxyl groups is 1. The van der Waals surface area contributed by atoms with Crippen LogP contribution < -0.4 is 5.43 Å². The van der Waals surface area contributed by atoms with E-state index in [1.54, 1.807) is 12.1 Å². The third-order valence-corrected chi connectivity index (χ3v) is 3.93. The lowest BCUT2D eigenvalue weighted by Crippen LogP contribution is -1.99. The zero-order chi connectivity index (χ0) is 15.4. The highest BCUT2D eigenvalue weighted by atomic mass is 32.1. The predicted molar refractivity (Wildman–Crippen MR) is 91.5 cm³/mol. The molecule has 0 spiro atoms. The number of hydrogen-bond acceptors (Lipinski definition) is 5. The molecule has 2 aromatic carbocycles. The van der Waals surface area contributed by atoms with Crippen molar-refractivity contribution in [2.45, 2.75) is 6.92 Å². The molecule has 0 unspecified atom stereocenters. The van der Waals surface area contributed by atoms with E-state index in [1.807, 2.05) is 54.8 Å². The van der Waals surface area contributed by atoms with Crippen molar-refractivity contribution in [2.24, 2.45) is 5.10 Å². The molecule has 4 nitrogen and oxygen atoms in total. The lowest BCUT2D eigenvalue weighted by atomic mass is 10.1. The monoisotopic (exact) mass is 309 g/mol. The SMILES string of the molecule is C/C(=N/Nc1nc(-c2ccccc2)cs1)c1ccc(O)cc1. The summed E-state index contributed by atoms with van der Waals surface area (Å²) in [4.78, 5) is 4.52. The molecule has 0 radical (unpaired) electrons. The summed E-state index contributed by atoms with van der Waals surface area (Å²) >= 11 is 1.51.